The zero-order valence-electron chi connectivity index (χ0n) is 24.1. The van der Waals surface area contributed by atoms with Crippen LogP contribution >= 0.6 is 12.2 Å². The Hall–Kier alpha value is -3.64. The van der Waals surface area contributed by atoms with E-state index in [1.165, 1.54) is 52.2 Å². The first-order valence-electron chi connectivity index (χ1n) is 14.4. The standard InChI is InChI=1S/C34H38N4OS/c1-21-18-22(2)32(23(3)19-21)37-24(4)20-29(25(37)5)33-31(30-12-8-9-17-35-30)36-34(40)38(33)26-13-15-28(16-14-26)39-27-10-6-7-11-27/h8-9,12-20,27,31,33H,6-7,10-11H2,1-5H3,(H,36,40)/t31-,33+/m0/s1. The molecule has 1 N–H and O–H groups in total. The molecule has 1 aliphatic heterocycles. The van der Waals surface area contributed by atoms with Crippen LogP contribution in [0, 0.1) is 34.6 Å². The molecule has 0 amide bonds. The number of hydrogen-bond acceptors (Lipinski definition) is 3. The highest BCUT2D eigenvalue weighted by Gasteiger charge is 2.42. The summed E-state index contributed by atoms with van der Waals surface area (Å²) in [5, 5.41) is 4.33. The first-order chi connectivity index (χ1) is 19.3. The van der Waals surface area contributed by atoms with E-state index in [1.54, 1.807) is 0 Å². The fraction of sp³-hybridized carbons (Fsp3) is 0.353. The van der Waals surface area contributed by atoms with Crippen LogP contribution in [-0.4, -0.2) is 20.8 Å². The number of benzene rings is 2. The Kier molecular flexibility index (Phi) is 7.13. The van der Waals surface area contributed by atoms with Gasteiger partial charge in [-0.25, -0.2) is 0 Å². The zero-order valence-corrected chi connectivity index (χ0v) is 24.9. The smallest absolute Gasteiger partial charge is 0.174 e. The van der Waals surface area contributed by atoms with Crippen molar-refractivity contribution in [1.29, 1.82) is 0 Å². The van der Waals surface area contributed by atoms with Gasteiger partial charge in [-0.3, -0.25) is 4.98 Å². The summed E-state index contributed by atoms with van der Waals surface area (Å²) in [6.45, 7) is 11.0. The topological polar surface area (TPSA) is 42.3 Å². The number of rotatable bonds is 6. The third kappa shape index (κ3) is 4.79. The molecule has 206 valence electrons. The minimum absolute atomic E-state index is 0.0602. The van der Waals surface area contributed by atoms with Gasteiger partial charge in [0.25, 0.3) is 0 Å². The minimum Gasteiger partial charge on any atom is -0.490 e. The lowest BCUT2D eigenvalue weighted by atomic mass is 9.96. The highest BCUT2D eigenvalue weighted by atomic mass is 32.1. The first-order valence-corrected chi connectivity index (χ1v) is 14.8. The van der Waals surface area contributed by atoms with Crippen LogP contribution in [0.2, 0.25) is 0 Å². The van der Waals surface area contributed by atoms with Crippen molar-refractivity contribution in [2.75, 3.05) is 4.90 Å². The average Bonchev–Trinajstić information content (AvgIpc) is 3.63. The number of aromatic nitrogens is 2. The average molecular weight is 551 g/mol. The summed E-state index contributed by atoms with van der Waals surface area (Å²) in [6.07, 6.45) is 6.99. The molecule has 5 nitrogen and oxygen atoms in total. The maximum absolute atomic E-state index is 6.26. The number of ether oxygens (including phenoxy) is 1. The zero-order chi connectivity index (χ0) is 28.0. The lowest BCUT2D eigenvalue weighted by Gasteiger charge is -2.28. The summed E-state index contributed by atoms with van der Waals surface area (Å²) in [7, 11) is 0. The third-order valence-electron chi connectivity index (χ3n) is 8.47. The van der Waals surface area contributed by atoms with Gasteiger partial charge in [-0.05, 0) is 132 Å². The van der Waals surface area contributed by atoms with E-state index in [1.807, 2.05) is 18.3 Å². The molecule has 2 aromatic carbocycles. The van der Waals surface area contributed by atoms with Crippen LogP contribution in [0.15, 0.2) is 66.9 Å². The Balaban J connectivity index is 1.44. The van der Waals surface area contributed by atoms with E-state index in [4.69, 9.17) is 21.9 Å². The quantitative estimate of drug-likeness (QED) is 0.247. The minimum atomic E-state index is -0.0859. The Morgan fingerprint density at radius 3 is 2.25 bits per heavy atom. The molecule has 2 aliphatic rings. The molecule has 1 saturated heterocycles. The number of nitrogens with one attached hydrogen (secondary N) is 1. The molecule has 1 saturated carbocycles. The van der Waals surface area contributed by atoms with E-state index < -0.39 is 0 Å². The molecule has 2 fully saturated rings. The van der Waals surface area contributed by atoms with E-state index in [0.717, 1.165) is 30.0 Å². The van der Waals surface area contributed by atoms with Crippen LogP contribution in [0.1, 0.15) is 77.1 Å². The molecule has 6 rings (SSSR count). The Morgan fingerprint density at radius 2 is 1.60 bits per heavy atom. The normalized spacial score (nSPS) is 19.3. The summed E-state index contributed by atoms with van der Waals surface area (Å²) in [5.74, 6) is 0.926. The molecule has 0 unspecified atom stereocenters. The van der Waals surface area contributed by atoms with E-state index >= 15 is 0 Å². The van der Waals surface area contributed by atoms with Crippen molar-refractivity contribution in [3.63, 3.8) is 0 Å². The summed E-state index contributed by atoms with van der Waals surface area (Å²) >= 11 is 6.01. The third-order valence-corrected chi connectivity index (χ3v) is 8.78. The largest absolute Gasteiger partial charge is 0.490 e. The molecule has 2 aromatic heterocycles. The van der Waals surface area contributed by atoms with Crippen LogP contribution in [0.3, 0.4) is 0 Å². The predicted molar refractivity (Wildman–Crippen MR) is 167 cm³/mol. The van der Waals surface area contributed by atoms with Gasteiger partial charge in [-0.2, -0.15) is 0 Å². The summed E-state index contributed by atoms with van der Waals surface area (Å²) in [4.78, 5) is 7.01. The van der Waals surface area contributed by atoms with Crippen LogP contribution in [0.4, 0.5) is 5.69 Å². The van der Waals surface area contributed by atoms with E-state index in [-0.39, 0.29) is 12.1 Å². The molecule has 4 aromatic rings. The molecule has 1 aliphatic carbocycles. The Bertz CT molecular complexity index is 1510. The van der Waals surface area contributed by atoms with Crippen molar-refractivity contribution in [2.45, 2.75) is 78.5 Å². The molecular weight excluding hydrogens is 512 g/mol. The van der Waals surface area contributed by atoms with Gasteiger partial charge in [0.15, 0.2) is 5.11 Å². The first kappa shape index (κ1) is 26.6. The van der Waals surface area contributed by atoms with Gasteiger partial charge in [-0.1, -0.05) is 23.8 Å². The number of pyridine rings is 1. The number of aryl methyl sites for hydroxylation is 4. The van der Waals surface area contributed by atoms with Crippen molar-refractivity contribution in [1.82, 2.24) is 14.9 Å². The van der Waals surface area contributed by atoms with Gasteiger partial charge < -0.3 is 19.5 Å². The van der Waals surface area contributed by atoms with E-state index in [2.05, 4.69) is 97.9 Å². The van der Waals surface area contributed by atoms with Gasteiger partial charge in [0.05, 0.1) is 29.6 Å². The maximum Gasteiger partial charge on any atom is 0.174 e. The monoisotopic (exact) mass is 550 g/mol. The highest BCUT2D eigenvalue weighted by molar-refractivity contribution is 7.80. The number of anilines is 1. The Labute approximate surface area is 243 Å². The molecule has 2 atom stereocenters. The Morgan fingerprint density at radius 1 is 0.900 bits per heavy atom. The van der Waals surface area contributed by atoms with Crippen molar-refractivity contribution >= 4 is 23.0 Å². The van der Waals surface area contributed by atoms with Crippen molar-refractivity contribution in [3.05, 3.63) is 106 Å². The van der Waals surface area contributed by atoms with Crippen LogP contribution < -0.4 is 15.0 Å². The molecule has 40 heavy (non-hydrogen) atoms. The summed E-state index contributed by atoms with van der Waals surface area (Å²) in [6, 6.07) is 21.3. The highest BCUT2D eigenvalue weighted by Crippen LogP contribution is 2.44. The fourth-order valence-corrected chi connectivity index (χ4v) is 7.14. The van der Waals surface area contributed by atoms with E-state index in [9.17, 15) is 0 Å². The molecular formula is C34H38N4OS. The number of hydrogen-bond donors (Lipinski definition) is 1. The summed E-state index contributed by atoms with van der Waals surface area (Å²) < 4.78 is 8.67. The summed E-state index contributed by atoms with van der Waals surface area (Å²) in [5.41, 5.74) is 10.8. The van der Waals surface area contributed by atoms with E-state index in [0.29, 0.717) is 11.2 Å². The van der Waals surface area contributed by atoms with Gasteiger partial charge in [0.1, 0.15) is 5.75 Å². The lowest BCUT2D eigenvalue weighted by molar-refractivity contribution is 0.210. The molecule has 0 bridgehead atoms. The molecule has 0 spiro atoms. The number of thiocarbonyl (C=S) groups is 1. The number of nitrogens with zero attached hydrogens (tertiary/aromatic N) is 3. The lowest BCUT2D eigenvalue weighted by Crippen LogP contribution is -2.29. The maximum atomic E-state index is 6.26. The second-order valence-corrected chi connectivity index (χ2v) is 11.8. The van der Waals surface area contributed by atoms with Gasteiger partial charge in [0.2, 0.25) is 0 Å². The fourth-order valence-electron chi connectivity index (χ4n) is 6.79. The predicted octanol–water partition coefficient (Wildman–Crippen LogP) is 7.91. The molecule has 6 heteroatoms. The molecule has 0 radical (unpaired) electrons. The SMILES string of the molecule is Cc1cc(C)c(-n2c(C)cc([C@@H]3[C@H](c4ccccn4)NC(=S)N3c3ccc(OC4CCCC4)cc3)c2C)c(C)c1. The van der Waals surface area contributed by atoms with Crippen molar-refractivity contribution in [3.8, 4) is 11.4 Å². The molecule has 3 heterocycles. The van der Waals surface area contributed by atoms with Crippen LogP contribution in [0.5, 0.6) is 5.75 Å². The van der Waals surface area contributed by atoms with Crippen molar-refractivity contribution in [2.24, 2.45) is 0 Å². The van der Waals surface area contributed by atoms with Crippen LogP contribution in [-0.2, 0) is 0 Å². The van der Waals surface area contributed by atoms with Crippen molar-refractivity contribution < 1.29 is 4.74 Å². The van der Waals surface area contributed by atoms with Gasteiger partial charge in [-0.15, -0.1) is 0 Å². The second-order valence-electron chi connectivity index (χ2n) is 11.4. The van der Waals surface area contributed by atoms with Gasteiger partial charge in [0, 0.05) is 23.3 Å². The van der Waals surface area contributed by atoms with Gasteiger partial charge >= 0.3 is 0 Å². The van der Waals surface area contributed by atoms with Crippen LogP contribution in [0.25, 0.3) is 5.69 Å². The second kappa shape index (κ2) is 10.7.